The number of benzene rings is 1. The maximum absolute atomic E-state index is 11.7. The van der Waals surface area contributed by atoms with E-state index < -0.39 is 0 Å². The van der Waals surface area contributed by atoms with Crippen molar-refractivity contribution in [3.8, 4) is 0 Å². The van der Waals surface area contributed by atoms with E-state index in [1.807, 2.05) is 30.3 Å². The quantitative estimate of drug-likeness (QED) is 0.628. The van der Waals surface area contributed by atoms with Crippen LogP contribution in [0.3, 0.4) is 0 Å². The van der Waals surface area contributed by atoms with Crippen LogP contribution in [-0.4, -0.2) is 30.2 Å². The van der Waals surface area contributed by atoms with Gasteiger partial charge in [0.15, 0.2) is 0 Å². The van der Waals surface area contributed by atoms with E-state index in [2.05, 4.69) is 10.6 Å². The molecule has 1 aliphatic rings. The lowest BCUT2D eigenvalue weighted by Crippen LogP contribution is -2.55. The second kappa shape index (κ2) is 4.42. The monoisotopic (exact) mass is 206 g/mol. The lowest BCUT2D eigenvalue weighted by atomic mass is 10.0. The zero-order valence-electron chi connectivity index (χ0n) is 8.31. The van der Waals surface area contributed by atoms with Crippen molar-refractivity contribution in [1.29, 1.82) is 0 Å². The van der Waals surface area contributed by atoms with E-state index >= 15 is 0 Å². The molecule has 1 amide bonds. The summed E-state index contributed by atoms with van der Waals surface area (Å²) in [5.41, 5.74) is 0.950. The van der Waals surface area contributed by atoms with Crippen LogP contribution < -0.4 is 10.6 Å². The molecule has 80 valence electrons. The highest BCUT2D eigenvalue weighted by molar-refractivity contribution is 5.84. The Hall–Kier alpha value is -1.39. The topological polar surface area (TPSA) is 61.4 Å². The molecule has 1 aromatic rings. The van der Waals surface area contributed by atoms with Crippen molar-refractivity contribution in [2.75, 3.05) is 13.2 Å². The number of hydrogen-bond acceptors (Lipinski definition) is 3. The molecule has 1 fully saturated rings. The molecule has 0 spiro atoms. The normalized spacial score (nSPS) is 26.1. The summed E-state index contributed by atoms with van der Waals surface area (Å²) in [6, 6.07) is 9.09. The molecule has 1 saturated heterocycles. The number of hydrogen-bond donors (Lipinski definition) is 3. The molecular weight excluding hydrogens is 192 g/mol. The molecule has 1 aliphatic heterocycles. The van der Waals surface area contributed by atoms with Gasteiger partial charge in [-0.25, -0.2) is 0 Å². The standard InChI is InChI=1S/C11H14N2O2/c14-7-9-6-12-10(11(15)13-9)8-4-2-1-3-5-8/h1-5,9-10,12,14H,6-7H2,(H,13,15)/t9-,10?/m1/s1. The Balaban J connectivity index is 2.10. The number of aliphatic hydroxyl groups is 1. The summed E-state index contributed by atoms with van der Waals surface area (Å²) in [6.45, 7) is 0.571. The van der Waals surface area contributed by atoms with Gasteiger partial charge in [-0.1, -0.05) is 30.3 Å². The van der Waals surface area contributed by atoms with Gasteiger partial charge in [-0.3, -0.25) is 4.79 Å². The van der Waals surface area contributed by atoms with Gasteiger partial charge in [-0.15, -0.1) is 0 Å². The predicted octanol–water partition coefficient (Wildman–Crippen LogP) is -0.192. The molecule has 4 heteroatoms. The molecule has 2 rings (SSSR count). The Bertz CT molecular complexity index is 340. The Labute approximate surface area is 88.3 Å². The first-order valence-corrected chi connectivity index (χ1v) is 5.01. The molecule has 1 aromatic carbocycles. The zero-order valence-corrected chi connectivity index (χ0v) is 8.31. The van der Waals surface area contributed by atoms with Crippen LogP contribution in [0.1, 0.15) is 11.6 Å². The minimum Gasteiger partial charge on any atom is -0.394 e. The fourth-order valence-corrected chi connectivity index (χ4v) is 1.71. The summed E-state index contributed by atoms with van der Waals surface area (Å²) in [6.07, 6.45) is 0. The van der Waals surface area contributed by atoms with Crippen molar-refractivity contribution in [3.63, 3.8) is 0 Å². The van der Waals surface area contributed by atoms with Gasteiger partial charge >= 0.3 is 0 Å². The third-order valence-electron chi connectivity index (χ3n) is 2.53. The van der Waals surface area contributed by atoms with Crippen molar-refractivity contribution in [3.05, 3.63) is 35.9 Å². The number of rotatable bonds is 2. The average Bonchev–Trinajstić information content (AvgIpc) is 2.30. The summed E-state index contributed by atoms with van der Waals surface area (Å²) in [5.74, 6) is -0.0773. The molecule has 15 heavy (non-hydrogen) atoms. The number of amides is 1. The molecule has 1 heterocycles. The minimum absolute atomic E-state index is 0.0275. The lowest BCUT2D eigenvalue weighted by molar-refractivity contribution is -0.126. The van der Waals surface area contributed by atoms with E-state index in [-0.39, 0.29) is 24.6 Å². The van der Waals surface area contributed by atoms with Gasteiger partial charge in [0, 0.05) is 6.54 Å². The molecule has 0 bridgehead atoms. The summed E-state index contributed by atoms with van der Waals surface area (Å²) in [5, 5.41) is 14.8. The molecular formula is C11H14N2O2. The van der Waals surface area contributed by atoms with E-state index in [1.54, 1.807) is 0 Å². The Morgan fingerprint density at radius 3 is 2.67 bits per heavy atom. The molecule has 0 saturated carbocycles. The summed E-state index contributed by atoms with van der Waals surface area (Å²) in [7, 11) is 0. The SMILES string of the molecule is O=C1N[C@@H](CO)CNC1c1ccccc1. The highest BCUT2D eigenvalue weighted by Crippen LogP contribution is 2.15. The van der Waals surface area contributed by atoms with Gasteiger partial charge < -0.3 is 15.7 Å². The minimum atomic E-state index is -0.297. The van der Waals surface area contributed by atoms with E-state index in [1.165, 1.54) is 0 Å². The summed E-state index contributed by atoms with van der Waals surface area (Å²) in [4.78, 5) is 11.7. The van der Waals surface area contributed by atoms with Crippen molar-refractivity contribution in [2.24, 2.45) is 0 Å². The second-order valence-corrected chi connectivity index (χ2v) is 3.64. The van der Waals surface area contributed by atoms with Crippen LogP contribution in [0.4, 0.5) is 0 Å². The first kappa shape index (κ1) is 10.1. The van der Waals surface area contributed by atoms with Gasteiger partial charge in [0.25, 0.3) is 0 Å². The third-order valence-corrected chi connectivity index (χ3v) is 2.53. The van der Waals surface area contributed by atoms with Crippen LogP contribution >= 0.6 is 0 Å². The van der Waals surface area contributed by atoms with Crippen LogP contribution in [0.2, 0.25) is 0 Å². The third kappa shape index (κ3) is 2.16. The second-order valence-electron chi connectivity index (χ2n) is 3.64. The summed E-state index contributed by atoms with van der Waals surface area (Å²) >= 11 is 0. The van der Waals surface area contributed by atoms with E-state index in [0.29, 0.717) is 6.54 Å². The summed E-state index contributed by atoms with van der Waals surface area (Å²) < 4.78 is 0. The molecule has 2 atom stereocenters. The molecule has 0 aliphatic carbocycles. The van der Waals surface area contributed by atoms with Gasteiger partial charge in [0.2, 0.25) is 5.91 Å². The number of nitrogens with one attached hydrogen (secondary N) is 2. The van der Waals surface area contributed by atoms with Gasteiger partial charge in [-0.05, 0) is 5.56 Å². The molecule has 0 aromatic heterocycles. The van der Waals surface area contributed by atoms with Crippen molar-refractivity contribution >= 4 is 5.91 Å². The molecule has 0 radical (unpaired) electrons. The Kier molecular flexibility index (Phi) is 2.99. The highest BCUT2D eigenvalue weighted by atomic mass is 16.3. The lowest BCUT2D eigenvalue weighted by Gasteiger charge is -2.29. The number of carbonyl (C=O) groups excluding carboxylic acids is 1. The maximum Gasteiger partial charge on any atom is 0.242 e. The van der Waals surface area contributed by atoms with Crippen LogP contribution in [0.25, 0.3) is 0 Å². The van der Waals surface area contributed by atoms with Crippen molar-refractivity contribution in [2.45, 2.75) is 12.1 Å². The molecule has 4 nitrogen and oxygen atoms in total. The highest BCUT2D eigenvalue weighted by Gasteiger charge is 2.27. The van der Waals surface area contributed by atoms with Gasteiger partial charge in [0.1, 0.15) is 6.04 Å². The predicted molar refractivity (Wildman–Crippen MR) is 56.2 cm³/mol. The number of carbonyl (C=O) groups is 1. The first-order chi connectivity index (χ1) is 7.31. The fourth-order valence-electron chi connectivity index (χ4n) is 1.71. The van der Waals surface area contributed by atoms with Crippen LogP contribution in [0, 0.1) is 0 Å². The maximum atomic E-state index is 11.7. The van der Waals surface area contributed by atoms with Crippen molar-refractivity contribution < 1.29 is 9.90 Å². The van der Waals surface area contributed by atoms with E-state index in [0.717, 1.165) is 5.56 Å². The van der Waals surface area contributed by atoms with Crippen LogP contribution in [0.5, 0.6) is 0 Å². The molecule has 1 unspecified atom stereocenters. The van der Waals surface area contributed by atoms with E-state index in [9.17, 15) is 4.79 Å². The zero-order chi connectivity index (χ0) is 10.7. The smallest absolute Gasteiger partial charge is 0.242 e. The largest absolute Gasteiger partial charge is 0.394 e. The molecule has 3 N–H and O–H groups in total. The van der Waals surface area contributed by atoms with Crippen LogP contribution in [0.15, 0.2) is 30.3 Å². The van der Waals surface area contributed by atoms with Crippen molar-refractivity contribution in [1.82, 2.24) is 10.6 Å². The Morgan fingerprint density at radius 1 is 1.33 bits per heavy atom. The number of piperazine rings is 1. The van der Waals surface area contributed by atoms with Gasteiger partial charge in [0.05, 0.1) is 12.6 Å². The first-order valence-electron chi connectivity index (χ1n) is 5.01. The number of aliphatic hydroxyl groups excluding tert-OH is 1. The fraction of sp³-hybridized carbons (Fsp3) is 0.364. The van der Waals surface area contributed by atoms with Crippen LogP contribution in [-0.2, 0) is 4.79 Å². The average molecular weight is 206 g/mol. The van der Waals surface area contributed by atoms with E-state index in [4.69, 9.17) is 5.11 Å². The van der Waals surface area contributed by atoms with Gasteiger partial charge in [-0.2, -0.15) is 0 Å². The Morgan fingerprint density at radius 2 is 2.07 bits per heavy atom.